The summed E-state index contributed by atoms with van der Waals surface area (Å²) in [7, 11) is -4.11. The third-order valence-electron chi connectivity index (χ3n) is 4.47. The third-order valence-corrected chi connectivity index (χ3v) is 6.82. The van der Waals surface area contributed by atoms with E-state index >= 15 is 0 Å². The third kappa shape index (κ3) is 6.59. The van der Waals surface area contributed by atoms with Gasteiger partial charge < -0.3 is 14.2 Å². The second kappa shape index (κ2) is 10.8. The predicted octanol–water partition coefficient (Wildman–Crippen LogP) is 6.58. The van der Waals surface area contributed by atoms with Crippen LogP contribution in [-0.2, 0) is 25.5 Å². The molecule has 0 fully saturated rings. The van der Waals surface area contributed by atoms with Crippen LogP contribution in [0, 0.1) is 0 Å². The molecule has 0 amide bonds. The first-order valence-corrected chi connectivity index (χ1v) is 12.1. The molecule has 0 bridgehead atoms. The summed E-state index contributed by atoms with van der Waals surface area (Å²) in [6, 6.07) is 11.6. The topological polar surface area (TPSA) is 78.9 Å². The molecule has 3 aromatic carbocycles. The van der Waals surface area contributed by atoms with Gasteiger partial charge in [0.2, 0.25) is 9.84 Å². The zero-order valence-electron chi connectivity index (χ0n) is 17.9. The Morgan fingerprint density at radius 1 is 0.943 bits per heavy atom. The van der Waals surface area contributed by atoms with E-state index in [-0.39, 0.29) is 38.7 Å². The summed E-state index contributed by atoms with van der Waals surface area (Å²) < 4.78 is 80.8. The average Bonchev–Trinajstić information content (AvgIpc) is 2.79. The van der Waals surface area contributed by atoms with Gasteiger partial charge in [0.15, 0.2) is 6.61 Å². The van der Waals surface area contributed by atoms with Crippen LogP contribution < -0.4 is 9.47 Å². The second-order valence-electron chi connectivity index (χ2n) is 6.90. The van der Waals surface area contributed by atoms with Gasteiger partial charge >= 0.3 is 12.1 Å². The first-order valence-electron chi connectivity index (χ1n) is 9.89. The molecular formula is C23H17Cl2F3O6S. The van der Waals surface area contributed by atoms with Crippen LogP contribution in [0.25, 0.3) is 0 Å². The summed E-state index contributed by atoms with van der Waals surface area (Å²) in [6.07, 6.45) is -4.59. The van der Waals surface area contributed by atoms with Crippen LogP contribution >= 0.6 is 23.2 Å². The SMILES string of the molecule is CCOC(=O)COc1cc(Oc2ccc(C(F)(F)F)cc2Cl)ccc1S(=O)(=O)c1ccc(Cl)cc1. The average molecular weight is 549 g/mol. The van der Waals surface area contributed by atoms with E-state index in [1.807, 2.05) is 0 Å². The number of hydrogen-bond acceptors (Lipinski definition) is 6. The van der Waals surface area contributed by atoms with Crippen molar-refractivity contribution >= 4 is 39.0 Å². The van der Waals surface area contributed by atoms with Crippen molar-refractivity contribution in [1.29, 1.82) is 0 Å². The van der Waals surface area contributed by atoms with Crippen molar-refractivity contribution in [2.45, 2.75) is 22.9 Å². The van der Waals surface area contributed by atoms with E-state index in [2.05, 4.69) is 0 Å². The summed E-state index contributed by atoms with van der Waals surface area (Å²) >= 11 is 11.8. The summed E-state index contributed by atoms with van der Waals surface area (Å²) in [5.41, 5.74) is -0.960. The van der Waals surface area contributed by atoms with E-state index in [1.165, 1.54) is 42.5 Å². The Labute approximate surface area is 209 Å². The maximum Gasteiger partial charge on any atom is 0.416 e. The molecule has 0 saturated heterocycles. The molecule has 186 valence electrons. The van der Waals surface area contributed by atoms with Gasteiger partial charge in [0.1, 0.15) is 22.1 Å². The number of sulfone groups is 1. The minimum atomic E-state index is -4.59. The molecule has 3 rings (SSSR count). The Morgan fingerprint density at radius 3 is 2.23 bits per heavy atom. The molecule has 3 aromatic rings. The molecule has 6 nitrogen and oxygen atoms in total. The summed E-state index contributed by atoms with van der Waals surface area (Å²) in [5, 5.41) is 0.0200. The van der Waals surface area contributed by atoms with Gasteiger partial charge in [0, 0.05) is 11.1 Å². The molecule has 0 aliphatic rings. The fourth-order valence-electron chi connectivity index (χ4n) is 2.85. The molecule has 0 aliphatic heterocycles. The first-order chi connectivity index (χ1) is 16.4. The molecule has 0 radical (unpaired) electrons. The zero-order valence-corrected chi connectivity index (χ0v) is 20.3. The highest BCUT2D eigenvalue weighted by molar-refractivity contribution is 7.91. The van der Waals surface area contributed by atoms with E-state index in [0.29, 0.717) is 11.1 Å². The Kier molecular flexibility index (Phi) is 8.19. The largest absolute Gasteiger partial charge is 0.480 e. The summed E-state index contributed by atoms with van der Waals surface area (Å²) in [5.74, 6) is -1.09. The highest BCUT2D eigenvalue weighted by atomic mass is 35.5. The highest BCUT2D eigenvalue weighted by Crippen LogP contribution is 2.39. The first kappa shape index (κ1) is 26.7. The molecule has 0 aromatic heterocycles. The standard InChI is InChI=1S/C23H17Cl2F3O6S/c1-2-32-22(29)13-33-20-12-16(34-19-9-3-14(11-18(19)25)23(26,27)28)6-10-21(20)35(30,31)17-7-4-15(24)5-8-17/h3-12H,2,13H2,1H3. The van der Waals surface area contributed by atoms with Gasteiger partial charge in [0.05, 0.1) is 22.1 Å². The molecule has 35 heavy (non-hydrogen) atoms. The quantitative estimate of drug-likeness (QED) is 0.296. The number of esters is 1. The van der Waals surface area contributed by atoms with Crippen molar-refractivity contribution in [2.75, 3.05) is 13.2 Å². The van der Waals surface area contributed by atoms with Gasteiger partial charge in [-0.3, -0.25) is 0 Å². The van der Waals surface area contributed by atoms with Gasteiger partial charge in [-0.25, -0.2) is 13.2 Å². The van der Waals surface area contributed by atoms with E-state index in [4.69, 9.17) is 37.4 Å². The molecule has 0 atom stereocenters. The van der Waals surface area contributed by atoms with Crippen LogP contribution in [0.3, 0.4) is 0 Å². The Balaban J connectivity index is 1.98. The Morgan fingerprint density at radius 2 is 1.63 bits per heavy atom. The molecule has 0 heterocycles. The zero-order chi connectivity index (χ0) is 25.8. The fourth-order valence-corrected chi connectivity index (χ4v) is 4.58. The number of carbonyl (C=O) groups excluding carboxylic acids is 1. The van der Waals surface area contributed by atoms with Gasteiger partial charge in [0.25, 0.3) is 0 Å². The number of rotatable bonds is 8. The van der Waals surface area contributed by atoms with Crippen molar-refractivity contribution < 1.29 is 40.6 Å². The van der Waals surface area contributed by atoms with Crippen molar-refractivity contribution in [1.82, 2.24) is 0 Å². The normalized spacial score (nSPS) is 11.7. The van der Waals surface area contributed by atoms with Gasteiger partial charge in [-0.05, 0) is 61.5 Å². The lowest BCUT2D eigenvalue weighted by atomic mass is 10.2. The number of halogens is 5. The summed E-state index contributed by atoms with van der Waals surface area (Å²) in [6.45, 7) is 1.09. The van der Waals surface area contributed by atoms with Gasteiger partial charge in [-0.15, -0.1) is 0 Å². The molecule has 12 heteroatoms. The van der Waals surface area contributed by atoms with Crippen LogP contribution in [0.15, 0.2) is 70.5 Å². The van der Waals surface area contributed by atoms with Crippen molar-refractivity contribution in [3.8, 4) is 17.2 Å². The number of hydrogen-bond donors (Lipinski definition) is 0. The van der Waals surface area contributed by atoms with Crippen LogP contribution in [0.4, 0.5) is 13.2 Å². The van der Waals surface area contributed by atoms with Crippen molar-refractivity contribution in [3.63, 3.8) is 0 Å². The van der Waals surface area contributed by atoms with E-state index in [1.54, 1.807) is 6.92 Å². The van der Waals surface area contributed by atoms with E-state index < -0.39 is 34.2 Å². The van der Waals surface area contributed by atoms with Gasteiger partial charge in [-0.1, -0.05) is 23.2 Å². The van der Waals surface area contributed by atoms with Crippen molar-refractivity contribution in [2.24, 2.45) is 0 Å². The molecule has 0 N–H and O–H groups in total. The molecule has 0 spiro atoms. The minimum absolute atomic E-state index is 0.000531. The molecular weight excluding hydrogens is 532 g/mol. The monoisotopic (exact) mass is 548 g/mol. The fraction of sp³-hybridized carbons (Fsp3) is 0.174. The number of carbonyl (C=O) groups is 1. The van der Waals surface area contributed by atoms with Crippen LogP contribution in [0.5, 0.6) is 17.2 Å². The number of alkyl halides is 3. The molecule has 0 unspecified atom stereocenters. The lowest BCUT2D eigenvalue weighted by molar-refractivity contribution is -0.145. The van der Waals surface area contributed by atoms with E-state index in [0.717, 1.165) is 12.1 Å². The number of ether oxygens (including phenoxy) is 3. The lowest BCUT2D eigenvalue weighted by Crippen LogP contribution is -2.16. The van der Waals surface area contributed by atoms with Crippen LogP contribution in [0.2, 0.25) is 10.0 Å². The minimum Gasteiger partial charge on any atom is -0.480 e. The maximum atomic E-state index is 13.2. The maximum absolute atomic E-state index is 13.2. The van der Waals surface area contributed by atoms with Crippen molar-refractivity contribution in [3.05, 3.63) is 76.3 Å². The Hall–Kier alpha value is -2.95. The highest BCUT2D eigenvalue weighted by Gasteiger charge is 2.31. The smallest absolute Gasteiger partial charge is 0.416 e. The van der Waals surface area contributed by atoms with Crippen LogP contribution in [0.1, 0.15) is 12.5 Å². The van der Waals surface area contributed by atoms with Gasteiger partial charge in [-0.2, -0.15) is 13.2 Å². The lowest BCUT2D eigenvalue weighted by Gasteiger charge is -2.15. The summed E-state index contributed by atoms with van der Waals surface area (Å²) in [4.78, 5) is 11.4. The second-order valence-corrected chi connectivity index (χ2v) is 9.67. The van der Waals surface area contributed by atoms with E-state index in [9.17, 15) is 26.4 Å². The van der Waals surface area contributed by atoms with Crippen LogP contribution in [-0.4, -0.2) is 27.6 Å². The molecule has 0 aliphatic carbocycles. The number of benzene rings is 3. The Bertz CT molecular complexity index is 1330. The predicted molar refractivity (Wildman–Crippen MR) is 122 cm³/mol. The molecule has 0 saturated carbocycles.